The Balaban J connectivity index is 1.72. The summed E-state index contributed by atoms with van der Waals surface area (Å²) in [6.07, 6.45) is 0. The minimum Gasteiger partial charge on any atom is -0.497 e. The fraction of sp³-hybridized carbons (Fsp3) is 0.474. The highest BCUT2D eigenvalue weighted by molar-refractivity contribution is 7.17. The largest absolute Gasteiger partial charge is 0.497 e. The van der Waals surface area contributed by atoms with E-state index in [2.05, 4.69) is 25.9 Å². The first-order valence-corrected chi connectivity index (χ1v) is 10.2. The molecule has 2 aromatic heterocycles. The molecule has 1 aliphatic rings. The zero-order valence-corrected chi connectivity index (χ0v) is 16.9. The number of aromatic hydroxyl groups is 1. The van der Waals surface area contributed by atoms with Gasteiger partial charge in [-0.1, -0.05) is 23.5 Å². The van der Waals surface area contributed by atoms with Gasteiger partial charge in [-0.3, -0.25) is 9.80 Å². The number of methoxy groups -OCH3 is 1. The SMILES string of the molecule is COc1cccc([C@@H](c2sc3nc(C)nn3c2O)N2CCN(CCO)CC2)c1. The van der Waals surface area contributed by atoms with Gasteiger partial charge in [0.15, 0.2) is 0 Å². The quantitative estimate of drug-likeness (QED) is 0.645. The number of aromatic nitrogens is 3. The smallest absolute Gasteiger partial charge is 0.230 e. The standard InChI is InChI=1S/C19H25N5O3S/c1-13-20-19-24(21-13)18(26)17(28-19)16(14-4-3-5-15(12-14)27-2)23-8-6-22(7-9-23)10-11-25/h3-5,12,16,25-26H,6-11H2,1-2H3/t16-/m0/s1. The molecular weight excluding hydrogens is 378 g/mol. The van der Waals surface area contributed by atoms with Crippen LogP contribution in [0.5, 0.6) is 11.6 Å². The molecule has 0 unspecified atom stereocenters. The maximum atomic E-state index is 10.9. The van der Waals surface area contributed by atoms with E-state index in [-0.39, 0.29) is 18.5 Å². The van der Waals surface area contributed by atoms with Crippen LogP contribution >= 0.6 is 11.3 Å². The van der Waals surface area contributed by atoms with E-state index in [1.54, 1.807) is 7.11 Å². The molecule has 0 bridgehead atoms. The topological polar surface area (TPSA) is 86.4 Å². The van der Waals surface area contributed by atoms with Crippen LogP contribution in [-0.2, 0) is 0 Å². The summed E-state index contributed by atoms with van der Waals surface area (Å²) < 4.78 is 6.94. The molecule has 4 rings (SSSR count). The van der Waals surface area contributed by atoms with Gasteiger partial charge in [-0.15, -0.1) is 5.10 Å². The Kier molecular flexibility index (Phi) is 5.49. The molecule has 1 fully saturated rings. The minimum atomic E-state index is -0.111. The molecule has 0 aliphatic carbocycles. The van der Waals surface area contributed by atoms with Crippen LogP contribution in [0.25, 0.3) is 4.96 Å². The summed E-state index contributed by atoms with van der Waals surface area (Å²) in [5.74, 6) is 1.58. The number of aliphatic hydroxyl groups excluding tert-OH is 1. The molecule has 1 aromatic carbocycles. The number of β-amino-alcohol motifs (C(OH)–C–C–N with tert-alkyl or cyclic N) is 1. The number of thiazole rings is 1. The molecule has 2 N–H and O–H groups in total. The lowest BCUT2D eigenvalue weighted by atomic mass is 10.0. The van der Waals surface area contributed by atoms with E-state index in [1.165, 1.54) is 15.9 Å². The number of nitrogens with zero attached hydrogens (tertiary/aromatic N) is 5. The Morgan fingerprint density at radius 2 is 2.04 bits per heavy atom. The number of benzene rings is 1. The molecule has 0 radical (unpaired) electrons. The molecule has 150 valence electrons. The highest BCUT2D eigenvalue weighted by Gasteiger charge is 2.31. The minimum absolute atomic E-state index is 0.111. The second kappa shape index (κ2) is 8.04. The van der Waals surface area contributed by atoms with Gasteiger partial charge in [-0.25, -0.2) is 4.98 Å². The molecule has 3 aromatic rings. The zero-order chi connectivity index (χ0) is 19.7. The lowest BCUT2D eigenvalue weighted by molar-refractivity contribution is 0.0945. The number of ether oxygens (including phenoxy) is 1. The molecule has 0 saturated carbocycles. The fourth-order valence-corrected chi connectivity index (χ4v) is 4.92. The van der Waals surface area contributed by atoms with E-state index in [0.717, 1.165) is 42.4 Å². The van der Waals surface area contributed by atoms with Gasteiger partial charge >= 0.3 is 0 Å². The molecule has 1 saturated heterocycles. The Labute approximate surface area is 167 Å². The number of hydrogen-bond donors (Lipinski definition) is 2. The summed E-state index contributed by atoms with van der Waals surface area (Å²) in [5.41, 5.74) is 1.06. The molecule has 1 atom stereocenters. The van der Waals surface area contributed by atoms with Gasteiger partial charge in [0, 0.05) is 32.7 Å². The lowest BCUT2D eigenvalue weighted by Crippen LogP contribution is -2.48. The van der Waals surface area contributed by atoms with Crippen LogP contribution in [-0.4, -0.2) is 81.1 Å². The summed E-state index contributed by atoms with van der Waals surface area (Å²) >= 11 is 1.47. The maximum Gasteiger partial charge on any atom is 0.230 e. The number of fused-ring (bicyclic) bond motifs is 1. The van der Waals surface area contributed by atoms with Crippen LogP contribution in [0.4, 0.5) is 0 Å². The van der Waals surface area contributed by atoms with Crippen molar-refractivity contribution in [2.75, 3.05) is 46.4 Å². The van der Waals surface area contributed by atoms with Crippen molar-refractivity contribution in [2.24, 2.45) is 0 Å². The van der Waals surface area contributed by atoms with Gasteiger partial charge in [-0.05, 0) is 24.6 Å². The van der Waals surface area contributed by atoms with E-state index in [1.807, 2.05) is 25.1 Å². The predicted octanol–water partition coefficient (Wildman–Crippen LogP) is 1.51. The van der Waals surface area contributed by atoms with Crippen molar-refractivity contribution >= 4 is 16.3 Å². The third kappa shape index (κ3) is 3.58. The van der Waals surface area contributed by atoms with Gasteiger partial charge < -0.3 is 14.9 Å². The van der Waals surface area contributed by atoms with Crippen molar-refractivity contribution in [3.63, 3.8) is 0 Å². The third-order valence-corrected chi connectivity index (χ3v) is 6.22. The van der Waals surface area contributed by atoms with Crippen LogP contribution in [0.15, 0.2) is 24.3 Å². The molecular formula is C19H25N5O3S. The van der Waals surface area contributed by atoms with Crippen LogP contribution in [0.1, 0.15) is 22.3 Å². The normalized spacial score (nSPS) is 17.2. The molecule has 0 amide bonds. The summed E-state index contributed by atoms with van der Waals surface area (Å²) in [5, 5.41) is 24.4. The third-order valence-electron chi connectivity index (χ3n) is 5.15. The van der Waals surface area contributed by atoms with Crippen molar-refractivity contribution in [1.82, 2.24) is 24.4 Å². The Morgan fingerprint density at radius 3 is 2.71 bits per heavy atom. The first kappa shape index (κ1) is 19.1. The van der Waals surface area contributed by atoms with Gasteiger partial charge in [0.1, 0.15) is 11.6 Å². The molecule has 9 heteroatoms. The lowest BCUT2D eigenvalue weighted by Gasteiger charge is -2.39. The van der Waals surface area contributed by atoms with Crippen LogP contribution < -0.4 is 4.74 Å². The molecule has 28 heavy (non-hydrogen) atoms. The van der Waals surface area contributed by atoms with Gasteiger partial charge in [0.05, 0.1) is 24.6 Å². The predicted molar refractivity (Wildman–Crippen MR) is 107 cm³/mol. The first-order valence-electron chi connectivity index (χ1n) is 9.37. The highest BCUT2D eigenvalue weighted by Crippen LogP contribution is 2.40. The number of piperazine rings is 1. The molecule has 1 aliphatic heterocycles. The molecule has 8 nitrogen and oxygen atoms in total. The van der Waals surface area contributed by atoms with Crippen molar-refractivity contribution in [3.05, 3.63) is 40.5 Å². The van der Waals surface area contributed by atoms with Gasteiger partial charge in [-0.2, -0.15) is 4.52 Å². The van der Waals surface area contributed by atoms with E-state index in [0.29, 0.717) is 17.3 Å². The second-order valence-corrected chi connectivity index (χ2v) is 7.93. The maximum absolute atomic E-state index is 10.9. The van der Waals surface area contributed by atoms with E-state index in [9.17, 15) is 10.2 Å². The van der Waals surface area contributed by atoms with Crippen LogP contribution in [0, 0.1) is 6.92 Å². The van der Waals surface area contributed by atoms with Gasteiger partial charge in [0.2, 0.25) is 10.8 Å². The summed E-state index contributed by atoms with van der Waals surface area (Å²) in [6, 6.07) is 7.87. The number of rotatable bonds is 6. The second-order valence-electron chi connectivity index (χ2n) is 6.92. The van der Waals surface area contributed by atoms with E-state index < -0.39 is 0 Å². The zero-order valence-electron chi connectivity index (χ0n) is 16.1. The average molecular weight is 404 g/mol. The number of aliphatic hydroxyl groups is 1. The van der Waals surface area contributed by atoms with E-state index in [4.69, 9.17) is 4.74 Å². The van der Waals surface area contributed by atoms with Crippen LogP contribution in [0.3, 0.4) is 0 Å². The van der Waals surface area contributed by atoms with E-state index >= 15 is 0 Å². The van der Waals surface area contributed by atoms with Gasteiger partial charge in [0.25, 0.3) is 0 Å². The summed E-state index contributed by atoms with van der Waals surface area (Å²) in [6.45, 7) is 6.12. The Bertz CT molecular complexity index is 948. The van der Waals surface area contributed by atoms with Crippen molar-refractivity contribution in [3.8, 4) is 11.6 Å². The molecule has 0 spiro atoms. The van der Waals surface area contributed by atoms with Crippen molar-refractivity contribution in [1.29, 1.82) is 0 Å². The average Bonchev–Trinajstić information content (AvgIpc) is 3.21. The summed E-state index contributed by atoms with van der Waals surface area (Å²) in [4.78, 5) is 10.6. The number of aryl methyl sites for hydroxylation is 1. The number of hydrogen-bond acceptors (Lipinski definition) is 8. The summed E-state index contributed by atoms with van der Waals surface area (Å²) in [7, 11) is 1.66. The monoisotopic (exact) mass is 403 g/mol. The fourth-order valence-electron chi connectivity index (χ4n) is 3.75. The van der Waals surface area contributed by atoms with Crippen molar-refractivity contribution in [2.45, 2.75) is 13.0 Å². The van der Waals surface area contributed by atoms with Crippen LogP contribution in [0.2, 0.25) is 0 Å². The first-order chi connectivity index (χ1) is 13.6. The highest BCUT2D eigenvalue weighted by atomic mass is 32.1. The molecule has 3 heterocycles. The Hall–Kier alpha value is -2.20. The van der Waals surface area contributed by atoms with Crippen molar-refractivity contribution < 1.29 is 14.9 Å². The Morgan fingerprint density at radius 1 is 1.25 bits per heavy atom.